The van der Waals surface area contributed by atoms with Crippen molar-refractivity contribution in [3.05, 3.63) is 113 Å². The van der Waals surface area contributed by atoms with Crippen molar-refractivity contribution in [1.29, 1.82) is 0 Å². The molecule has 0 bridgehead atoms. The molecule has 4 heteroatoms. The number of rotatable bonds is 4. The molecule has 0 amide bonds. The van der Waals surface area contributed by atoms with Crippen molar-refractivity contribution in [2.24, 2.45) is 21.8 Å². The summed E-state index contributed by atoms with van der Waals surface area (Å²) in [4.78, 5) is 13.3. The molecule has 1 saturated carbocycles. The van der Waals surface area contributed by atoms with Crippen molar-refractivity contribution < 1.29 is 0 Å². The van der Waals surface area contributed by atoms with Crippen LogP contribution in [-0.2, 0) is 0 Å². The Balaban J connectivity index is 0.00000264. The van der Waals surface area contributed by atoms with E-state index in [-0.39, 0.29) is 29.5 Å². The summed E-state index contributed by atoms with van der Waals surface area (Å²) in [5, 5.41) is 0. The highest BCUT2D eigenvalue weighted by Gasteiger charge is 2.48. The Kier molecular flexibility index (Phi) is 6.42. The summed E-state index contributed by atoms with van der Waals surface area (Å²) < 4.78 is 0. The summed E-state index contributed by atoms with van der Waals surface area (Å²) >= 11 is 0. The number of benzene rings is 2. The summed E-state index contributed by atoms with van der Waals surface area (Å²) in [5.74, 6) is 2.25. The Morgan fingerprint density at radius 1 is 1.13 bits per heavy atom. The van der Waals surface area contributed by atoms with Gasteiger partial charge in [0, 0.05) is 28.1 Å². The number of aliphatic imine (C=N–C) groups is 2. The van der Waals surface area contributed by atoms with E-state index >= 15 is 0 Å². The SMILES string of the molecule is C/C=C\C=C(/C)c1cccc(N2C3=C4C(=NC(C5=CC=CC6CC56)=NC4(C)CCC3)c3ccccc32)c1.I. The van der Waals surface area contributed by atoms with E-state index in [0.29, 0.717) is 11.8 Å². The topological polar surface area (TPSA) is 28.0 Å². The maximum Gasteiger partial charge on any atom is 0.152 e. The second kappa shape index (κ2) is 9.64. The van der Waals surface area contributed by atoms with E-state index in [1.165, 1.54) is 51.3 Å². The molecule has 3 nitrogen and oxygen atoms in total. The average molecular weight is 612 g/mol. The Labute approximate surface area is 243 Å². The highest BCUT2D eigenvalue weighted by Crippen LogP contribution is 2.53. The van der Waals surface area contributed by atoms with Gasteiger partial charge < -0.3 is 4.90 Å². The van der Waals surface area contributed by atoms with Crippen LogP contribution in [0.2, 0.25) is 0 Å². The smallest absolute Gasteiger partial charge is 0.152 e. The fourth-order valence-corrected chi connectivity index (χ4v) is 6.62. The van der Waals surface area contributed by atoms with E-state index in [9.17, 15) is 0 Å². The van der Waals surface area contributed by atoms with E-state index in [4.69, 9.17) is 9.98 Å². The molecule has 2 aromatic rings. The molecule has 0 spiro atoms. The molecule has 192 valence electrons. The Morgan fingerprint density at radius 2 is 2.00 bits per heavy atom. The zero-order valence-corrected chi connectivity index (χ0v) is 24.6. The predicted molar refractivity (Wildman–Crippen MR) is 171 cm³/mol. The van der Waals surface area contributed by atoms with Crippen LogP contribution in [0.25, 0.3) is 5.57 Å². The third-order valence-corrected chi connectivity index (χ3v) is 8.61. The lowest BCUT2D eigenvalue weighted by atomic mass is 9.73. The first-order chi connectivity index (χ1) is 18.1. The van der Waals surface area contributed by atoms with Crippen molar-refractivity contribution >= 4 is 52.5 Å². The van der Waals surface area contributed by atoms with Crippen LogP contribution >= 0.6 is 24.0 Å². The molecule has 2 heterocycles. The van der Waals surface area contributed by atoms with Crippen LogP contribution in [0.1, 0.15) is 57.6 Å². The number of hydrogen-bond donors (Lipinski definition) is 0. The minimum atomic E-state index is -0.252. The molecule has 3 atom stereocenters. The van der Waals surface area contributed by atoms with Crippen LogP contribution in [0, 0.1) is 11.8 Å². The van der Waals surface area contributed by atoms with E-state index < -0.39 is 0 Å². The Bertz CT molecular complexity index is 1530. The molecule has 2 aliphatic heterocycles. The number of anilines is 2. The number of allylic oxidation sites excluding steroid dienone is 8. The standard InChI is InChI=1S/C34H33N3.HI/c1-4-5-11-22(2)23-12-8-14-25(20-23)37-29-17-7-6-15-27(29)32-31-30(37)18-10-19-34(31,3)36-33(35-32)26-16-9-13-24-21-28(24)26;/h4-9,11-17,20,24,28H,10,18-19,21H2,1-3H3;1H/b5-4-,22-11+;. The third kappa shape index (κ3) is 4.00. The summed E-state index contributed by atoms with van der Waals surface area (Å²) in [7, 11) is 0. The van der Waals surface area contributed by atoms with Crippen molar-refractivity contribution in [2.75, 3.05) is 4.90 Å². The van der Waals surface area contributed by atoms with Crippen molar-refractivity contribution in [3.63, 3.8) is 0 Å². The first kappa shape index (κ1) is 25.3. The minimum absolute atomic E-state index is 0. The van der Waals surface area contributed by atoms with E-state index in [0.717, 1.165) is 30.8 Å². The van der Waals surface area contributed by atoms with Crippen LogP contribution < -0.4 is 4.90 Å². The second-order valence-corrected chi connectivity index (χ2v) is 11.1. The average Bonchev–Trinajstić information content (AvgIpc) is 3.72. The van der Waals surface area contributed by atoms with Crippen LogP contribution in [0.4, 0.5) is 11.4 Å². The summed E-state index contributed by atoms with van der Waals surface area (Å²) in [6, 6.07) is 17.8. The van der Waals surface area contributed by atoms with Crippen LogP contribution in [0.5, 0.6) is 0 Å². The molecule has 3 aliphatic carbocycles. The molecule has 1 fully saturated rings. The Morgan fingerprint density at radius 3 is 2.87 bits per heavy atom. The van der Waals surface area contributed by atoms with Crippen LogP contribution in [0.3, 0.4) is 0 Å². The van der Waals surface area contributed by atoms with Gasteiger partial charge in [-0.3, -0.25) is 4.99 Å². The maximum atomic E-state index is 5.43. The predicted octanol–water partition coefficient (Wildman–Crippen LogP) is 8.97. The lowest BCUT2D eigenvalue weighted by Gasteiger charge is -2.46. The van der Waals surface area contributed by atoms with Gasteiger partial charge in [-0.1, -0.05) is 66.8 Å². The molecule has 2 aromatic carbocycles. The molecule has 7 rings (SSSR count). The number of fused-ring (bicyclic) bond motifs is 3. The van der Waals surface area contributed by atoms with Crippen molar-refractivity contribution in [2.45, 2.75) is 52.0 Å². The van der Waals surface area contributed by atoms with Gasteiger partial charge in [0.2, 0.25) is 0 Å². The highest BCUT2D eigenvalue weighted by molar-refractivity contribution is 14.0. The fraction of sp³-hybridized carbons (Fsp3) is 0.294. The second-order valence-electron chi connectivity index (χ2n) is 11.1. The molecule has 0 aromatic heterocycles. The zero-order valence-electron chi connectivity index (χ0n) is 22.3. The summed E-state index contributed by atoms with van der Waals surface area (Å²) in [6.07, 6.45) is 17.6. The van der Waals surface area contributed by atoms with Gasteiger partial charge in [-0.15, -0.1) is 24.0 Å². The molecule has 0 N–H and O–H groups in total. The number of para-hydroxylation sites is 1. The normalized spacial score (nSPS) is 27.1. The van der Waals surface area contributed by atoms with Crippen molar-refractivity contribution in [3.8, 4) is 0 Å². The molecular weight excluding hydrogens is 577 g/mol. The van der Waals surface area contributed by atoms with Crippen molar-refractivity contribution in [1.82, 2.24) is 0 Å². The highest BCUT2D eigenvalue weighted by atomic mass is 127. The quantitative estimate of drug-likeness (QED) is 0.251. The molecule has 5 aliphatic rings. The Hall–Kier alpha value is -2.99. The molecule has 0 saturated heterocycles. The largest absolute Gasteiger partial charge is 0.313 e. The van der Waals surface area contributed by atoms with E-state index in [2.05, 4.69) is 111 Å². The van der Waals surface area contributed by atoms with Gasteiger partial charge in [0.25, 0.3) is 0 Å². The fourth-order valence-electron chi connectivity index (χ4n) is 6.62. The van der Waals surface area contributed by atoms with Crippen LogP contribution in [-0.4, -0.2) is 17.1 Å². The minimum Gasteiger partial charge on any atom is -0.313 e. The van der Waals surface area contributed by atoms with Gasteiger partial charge in [0.15, 0.2) is 5.84 Å². The van der Waals surface area contributed by atoms with E-state index in [1.54, 1.807) is 0 Å². The van der Waals surface area contributed by atoms with Gasteiger partial charge in [-0.2, -0.15) is 0 Å². The van der Waals surface area contributed by atoms with Gasteiger partial charge in [-0.05, 0) is 87.6 Å². The van der Waals surface area contributed by atoms with E-state index in [1.807, 2.05) is 0 Å². The number of halogens is 1. The van der Waals surface area contributed by atoms with Crippen LogP contribution in [0.15, 0.2) is 112 Å². The van der Waals surface area contributed by atoms with Gasteiger partial charge in [0.1, 0.15) is 0 Å². The monoisotopic (exact) mass is 611 g/mol. The molecular formula is C34H34IN3. The first-order valence-corrected chi connectivity index (χ1v) is 13.7. The molecule has 3 unspecified atom stereocenters. The van der Waals surface area contributed by atoms with Gasteiger partial charge in [-0.25, -0.2) is 4.99 Å². The van der Waals surface area contributed by atoms with Gasteiger partial charge >= 0.3 is 0 Å². The number of hydrogen-bond acceptors (Lipinski definition) is 3. The maximum absolute atomic E-state index is 5.43. The summed E-state index contributed by atoms with van der Waals surface area (Å²) in [6.45, 7) is 6.58. The summed E-state index contributed by atoms with van der Waals surface area (Å²) in [5.41, 5.74) is 11.1. The zero-order chi connectivity index (χ0) is 25.1. The lowest BCUT2D eigenvalue weighted by Crippen LogP contribution is -2.44. The molecule has 0 radical (unpaired) electrons. The third-order valence-electron chi connectivity index (χ3n) is 8.61. The first-order valence-electron chi connectivity index (χ1n) is 13.7. The number of nitrogens with zero attached hydrogens (tertiary/aromatic N) is 3. The molecule has 38 heavy (non-hydrogen) atoms. The lowest BCUT2D eigenvalue weighted by molar-refractivity contribution is 0.462. The van der Waals surface area contributed by atoms with Gasteiger partial charge in [0.05, 0.1) is 16.9 Å². The number of amidine groups is 1.